The lowest BCUT2D eigenvalue weighted by molar-refractivity contribution is -0.274. The van der Waals surface area contributed by atoms with Gasteiger partial charge in [0.05, 0.1) is 0 Å². The molecule has 2 rings (SSSR count). The first-order chi connectivity index (χ1) is 9.33. The highest BCUT2D eigenvalue weighted by Gasteiger charge is 2.31. The van der Waals surface area contributed by atoms with Gasteiger partial charge in [0.1, 0.15) is 5.75 Å². The molecule has 3 nitrogen and oxygen atoms in total. The van der Waals surface area contributed by atoms with Gasteiger partial charge in [-0.2, -0.15) is 0 Å². The van der Waals surface area contributed by atoms with E-state index >= 15 is 0 Å². The van der Waals surface area contributed by atoms with E-state index in [0.717, 1.165) is 12.1 Å². The molecular formula is C13H16F3NO2S. The van der Waals surface area contributed by atoms with Gasteiger partial charge in [0.2, 0.25) is 0 Å². The van der Waals surface area contributed by atoms with E-state index in [1.54, 1.807) is 12.1 Å². The van der Waals surface area contributed by atoms with Gasteiger partial charge in [0.15, 0.2) is 0 Å². The van der Waals surface area contributed by atoms with Crippen LogP contribution in [-0.4, -0.2) is 28.6 Å². The Kier molecular flexibility index (Phi) is 4.70. The number of nitrogens with one attached hydrogen (secondary N) is 1. The Hall–Kier alpha value is -1.08. The molecule has 1 saturated heterocycles. The lowest BCUT2D eigenvalue weighted by Gasteiger charge is -2.17. The summed E-state index contributed by atoms with van der Waals surface area (Å²) in [5, 5.41) is 3.29. The second kappa shape index (κ2) is 6.13. The third-order valence-electron chi connectivity index (χ3n) is 3.05. The quantitative estimate of drug-likeness (QED) is 0.913. The van der Waals surface area contributed by atoms with Crippen molar-refractivity contribution in [1.82, 2.24) is 5.32 Å². The largest absolute Gasteiger partial charge is 0.573 e. The summed E-state index contributed by atoms with van der Waals surface area (Å²) in [5.41, 5.74) is 0.821. The molecule has 1 fully saturated rings. The maximum absolute atomic E-state index is 12.1. The van der Waals surface area contributed by atoms with Crippen LogP contribution in [0.3, 0.4) is 0 Å². The highest BCUT2D eigenvalue weighted by Crippen LogP contribution is 2.25. The summed E-state index contributed by atoms with van der Waals surface area (Å²) in [6, 6.07) is 5.61. The number of benzene rings is 1. The molecule has 1 aromatic rings. The average molecular weight is 307 g/mol. The number of hydrogen-bond donors (Lipinski definition) is 1. The van der Waals surface area contributed by atoms with E-state index < -0.39 is 17.2 Å². The van der Waals surface area contributed by atoms with Crippen molar-refractivity contribution in [3.8, 4) is 5.75 Å². The Bertz CT molecular complexity index is 475. The minimum atomic E-state index is -4.68. The third-order valence-corrected chi connectivity index (χ3v) is 4.70. The van der Waals surface area contributed by atoms with Gasteiger partial charge in [0, 0.05) is 28.3 Å². The van der Waals surface area contributed by atoms with Crippen molar-refractivity contribution in [2.45, 2.75) is 19.3 Å². The van der Waals surface area contributed by atoms with Crippen LogP contribution in [0.15, 0.2) is 24.3 Å². The smallest absolute Gasteiger partial charge is 0.406 e. The molecule has 0 bridgehead atoms. The van der Waals surface area contributed by atoms with Crippen molar-refractivity contribution >= 4 is 10.8 Å². The van der Waals surface area contributed by atoms with Crippen molar-refractivity contribution in [3.05, 3.63) is 29.8 Å². The summed E-state index contributed by atoms with van der Waals surface area (Å²) >= 11 is 0. The van der Waals surface area contributed by atoms with Crippen LogP contribution in [0.2, 0.25) is 0 Å². The molecule has 3 unspecified atom stereocenters. The van der Waals surface area contributed by atoms with E-state index in [1.807, 2.05) is 6.92 Å². The van der Waals surface area contributed by atoms with Gasteiger partial charge in [-0.25, -0.2) is 0 Å². The molecule has 0 radical (unpaired) electrons. The maximum Gasteiger partial charge on any atom is 0.573 e. The lowest BCUT2D eigenvalue weighted by Crippen LogP contribution is -2.25. The summed E-state index contributed by atoms with van der Waals surface area (Å²) in [6.07, 6.45) is -4.68. The molecule has 112 valence electrons. The highest BCUT2D eigenvalue weighted by atomic mass is 32.2. The zero-order valence-corrected chi connectivity index (χ0v) is 11.8. The van der Waals surface area contributed by atoms with Crippen molar-refractivity contribution < 1.29 is 22.1 Å². The first kappa shape index (κ1) is 15.3. The second-order valence-corrected chi connectivity index (χ2v) is 6.50. The van der Waals surface area contributed by atoms with Crippen LogP contribution in [0.25, 0.3) is 0 Å². The summed E-state index contributed by atoms with van der Waals surface area (Å²) < 4.78 is 51.9. The normalized spacial score (nSPS) is 27.9. The Labute approximate surface area is 118 Å². The summed E-state index contributed by atoms with van der Waals surface area (Å²) in [5.74, 6) is 1.21. The molecule has 7 heteroatoms. The Morgan fingerprint density at radius 2 is 1.90 bits per heavy atom. The minimum absolute atomic E-state index is 0.0966. The standard InChI is InChI=1S/C13H16F3NO2S/c1-9-6-17-12(8-20(18)7-9)10-2-4-11(5-3-10)19-13(14,15)16/h2-5,9,12,17H,6-8H2,1H3. The van der Waals surface area contributed by atoms with E-state index in [4.69, 9.17) is 0 Å². The molecule has 1 heterocycles. The van der Waals surface area contributed by atoms with Crippen molar-refractivity contribution in [2.75, 3.05) is 18.1 Å². The average Bonchev–Trinajstić information content (AvgIpc) is 2.49. The van der Waals surface area contributed by atoms with Crippen molar-refractivity contribution in [1.29, 1.82) is 0 Å². The van der Waals surface area contributed by atoms with E-state index in [9.17, 15) is 17.4 Å². The zero-order chi connectivity index (χ0) is 14.8. The topological polar surface area (TPSA) is 38.3 Å². The fourth-order valence-electron chi connectivity index (χ4n) is 2.15. The van der Waals surface area contributed by atoms with Crippen LogP contribution >= 0.6 is 0 Å². The van der Waals surface area contributed by atoms with Crippen molar-refractivity contribution in [2.24, 2.45) is 5.92 Å². The van der Waals surface area contributed by atoms with Gasteiger partial charge >= 0.3 is 6.36 Å². The van der Waals surface area contributed by atoms with Gasteiger partial charge in [-0.1, -0.05) is 19.1 Å². The van der Waals surface area contributed by atoms with Gasteiger partial charge in [0.25, 0.3) is 0 Å². The van der Waals surface area contributed by atoms with Gasteiger partial charge < -0.3 is 10.1 Å². The fraction of sp³-hybridized carbons (Fsp3) is 0.538. The SMILES string of the molecule is CC1CNC(c2ccc(OC(F)(F)F)cc2)CS(=O)C1. The summed E-state index contributed by atoms with van der Waals surface area (Å²) in [6.45, 7) is 2.77. The van der Waals surface area contributed by atoms with Crippen LogP contribution < -0.4 is 10.1 Å². The molecule has 1 aliphatic rings. The van der Waals surface area contributed by atoms with E-state index in [0.29, 0.717) is 17.4 Å². The van der Waals surface area contributed by atoms with Crippen LogP contribution in [0.1, 0.15) is 18.5 Å². The monoisotopic (exact) mass is 307 g/mol. The molecular weight excluding hydrogens is 291 g/mol. The number of rotatable bonds is 2. The van der Waals surface area contributed by atoms with Gasteiger partial charge in [-0.05, 0) is 30.2 Å². The maximum atomic E-state index is 12.1. The Morgan fingerprint density at radius 1 is 1.25 bits per heavy atom. The third kappa shape index (κ3) is 4.49. The van der Waals surface area contributed by atoms with Crippen molar-refractivity contribution in [3.63, 3.8) is 0 Å². The van der Waals surface area contributed by atoms with E-state index in [1.165, 1.54) is 12.1 Å². The fourth-order valence-corrected chi connectivity index (χ4v) is 3.72. The number of halogens is 3. The van der Waals surface area contributed by atoms with E-state index in [-0.39, 0.29) is 11.8 Å². The molecule has 0 amide bonds. The predicted molar refractivity (Wildman–Crippen MR) is 70.9 cm³/mol. The minimum Gasteiger partial charge on any atom is -0.406 e. The van der Waals surface area contributed by atoms with Crippen LogP contribution in [-0.2, 0) is 10.8 Å². The molecule has 1 N–H and O–H groups in total. The first-order valence-electron chi connectivity index (χ1n) is 6.27. The predicted octanol–water partition coefficient (Wildman–Crippen LogP) is 2.61. The van der Waals surface area contributed by atoms with Crippen LogP contribution in [0, 0.1) is 5.92 Å². The molecule has 1 aromatic carbocycles. The molecule has 3 atom stereocenters. The number of hydrogen-bond acceptors (Lipinski definition) is 3. The van der Waals surface area contributed by atoms with Gasteiger partial charge in [-0.3, -0.25) is 4.21 Å². The summed E-state index contributed by atoms with van der Waals surface area (Å²) in [7, 11) is -0.913. The molecule has 0 aromatic heterocycles. The second-order valence-electron chi connectivity index (χ2n) is 4.96. The van der Waals surface area contributed by atoms with Gasteiger partial charge in [-0.15, -0.1) is 13.2 Å². The highest BCUT2D eigenvalue weighted by molar-refractivity contribution is 7.85. The lowest BCUT2D eigenvalue weighted by atomic mass is 10.1. The first-order valence-corrected chi connectivity index (χ1v) is 7.76. The Balaban J connectivity index is 2.07. The van der Waals surface area contributed by atoms with Crippen LogP contribution in [0.5, 0.6) is 5.75 Å². The summed E-state index contributed by atoms with van der Waals surface area (Å²) in [4.78, 5) is 0. The number of ether oxygens (including phenoxy) is 1. The van der Waals surface area contributed by atoms with E-state index in [2.05, 4.69) is 10.1 Å². The molecule has 20 heavy (non-hydrogen) atoms. The van der Waals surface area contributed by atoms with Crippen LogP contribution in [0.4, 0.5) is 13.2 Å². The Morgan fingerprint density at radius 3 is 2.50 bits per heavy atom. The molecule has 0 spiro atoms. The number of alkyl halides is 3. The molecule has 0 aliphatic carbocycles. The molecule has 1 aliphatic heterocycles. The zero-order valence-electron chi connectivity index (χ0n) is 10.9. The molecule has 0 saturated carbocycles.